The first-order chi connectivity index (χ1) is 3.46. The molecule has 2 nitrogen and oxygen atoms in total. The third-order valence-electron chi connectivity index (χ3n) is 0. The minimum absolute atomic E-state index is 0. The summed E-state index contributed by atoms with van der Waals surface area (Å²) < 4.78 is 0. The van der Waals surface area contributed by atoms with Crippen molar-refractivity contribution in [3.8, 4) is 0 Å². The molecule has 0 rings (SSSR count). The van der Waals surface area contributed by atoms with Gasteiger partial charge in [-0.25, -0.2) is 0 Å². The average molecular weight is 351 g/mol. The van der Waals surface area contributed by atoms with Gasteiger partial charge in [0.2, 0.25) is 0 Å². The summed E-state index contributed by atoms with van der Waals surface area (Å²) in [6.07, 6.45) is 0. The van der Waals surface area contributed by atoms with Crippen LogP contribution in [0.4, 0.5) is 0 Å². The standard InChI is InChI=1S/2C3H9N.4ClH.Zr/c2*1-4(2)3;;;;;/h2*1-3H3;4*1H;/q;;;;;;+4/p-4. The van der Waals surface area contributed by atoms with E-state index < -0.39 is 0 Å². The van der Waals surface area contributed by atoms with Crippen molar-refractivity contribution >= 4 is 0 Å². The number of halogens is 4. The van der Waals surface area contributed by atoms with Crippen LogP contribution in [0.3, 0.4) is 0 Å². The fourth-order valence-corrected chi connectivity index (χ4v) is 0. The van der Waals surface area contributed by atoms with Crippen molar-refractivity contribution in [2.75, 3.05) is 42.3 Å². The van der Waals surface area contributed by atoms with Crippen LogP contribution in [0, 0.1) is 0 Å². The van der Waals surface area contributed by atoms with Crippen LogP contribution in [0.2, 0.25) is 0 Å². The summed E-state index contributed by atoms with van der Waals surface area (Å²) >= 11 is 0. The van der Waals surface area contributed by atoms with E-state index in [2.05, 4.69) is 0 Å². The van der Waals surface area contributed by atoms with Crippen LogP contribution in [-0.4, -0.2) is 52.1 Å². The van der Waals surface area contributed by atoms with E-state index in [4.69, 9.17) is 0 Å². The van der Waals surface area contributed by atoms with Crippen LogP contribution in [0.1, 0.15) is 0 Å². The SMILES string of the molecule is CN(C)C.CN(C)C.[Cl-].[Cl-].[Cl-].[Cl-].[Zr+4]. The molecule has 0 atom stereocenters. The minimum atomic E-state index is 0. The zero-order valence-corrected chi connectivity index (χ0v) is 14.4. The van der Waals surface area contributed by atoms with Gasteiger partial charge in [-0.3, -0.25) is 0 Å². The van der Waals surface area contributed by atoms with Gasteiger partial charge in [0, 0.05) is 0 Å². The summed E-state index contributed by atoms with van der Waals surface area (Å²) in [4.78, 5) is 4.00. The van der Waals surface area contributed by atoms with Gasteiger partial charge in [0.15, 0.2) is 0 Å². The maximum atomic E-state index is 2.00. The van der Waals surface area contributed by atoms with Crippen LogP contribution in [0.5, 0.6) is 0 Å². The number of hydrogen-bond acceptors (Lipinski definition) is 2. The Kier molecular flexibility index (Phi) is 131. The van der Waals surface area contributed by atoms with Crippen molar-refractivity contribution in [1.29, 1.82) is 0 Å². The monoisotopic (exact) mass is 348 g/mol. The van der Waals surface area contributed by atoms with E-state index >= 15 is 0 Å². The van der Waals surface area contributed by atoms with Crippen LogP contribution < -0.4 is 49.6 Å². The molecule has 0 saturated heterocycles. The Labute approximate surface area is 127 Å². The van der Waals surface area contributed by atoms with Crippen LogP contribution >= 0.6 is 0 Å². The molecule has 0 aliphatic heterocycles. The first-order valence-corrected chi connectivity index (χ1v) is 2.68. The zero-order valence-electron chi connectivity index (χ0n) is 8.91. The van der Waals surface area contributed by atoms with E-state index in [0.29, 0.717) is 0 Å². The Morgan fingerprint density at radius 2 is 0.462 bits per heavy atom. The van der Waals surface area contributed by atoms with E-state index in [1.807, 2.05) is 52.1 Å². The molecular weight excluding hydrogens is 333 g/mol. The third kappa shape index (κ3) is 519. The molecule has 0 aromatic heterocycles. The molecule has 13 heavy (non-hydrogen) atoms. The second-order valence-corrected chi connectivity index (χ2v) is 2.68. The maximum Gasteiger partial charge on any atom is 4.00 e. The normalized spacial score (nSPS) is 5.54. The molecule has 0 N–H and O–H groups in total. The predicted molar refractivity (Wildman–Crippen MR) is 39.2 cm³/mol. The van der Waals surface area contributed by atoms with Crippen LogP contribution in [0.25, 0.3) is 0 Å². The first kappa shape index (κ1) is 46.0. The predicted octanol–water partition coefficient (Wildman–Crippen LogP) is -11.6. The molecular formula is C6H18Cl4N2Zr. The van der Waals surface area contributed by atoms with Gasteiger partial charge >= 0.3 is 26.2 Å². The van der Waals surface area contributed by atoms with Crippen molar-refractivity contribution < 1.29 is 75.8 Å². The van der Waals surface area contributed by atoms with Gasteiger partial charge in [-0.1, -0.05) is 0 Å². The summed E-state index contributed by atoms with van der Waals surface area (Å²) in [5.41, 5.74) is 0. The van der Waals surface area contributed by atoms with E-state index in [1.165, 1.54) is 0 Å². The van der Waals surface area contributed by atoms with E-state index in [9.17, 15) is 0 Å². The van der Waals surface area contributed by atoms with Gasteiger partial charge < -0.3 is 59.4 Å². The van der Waals surface area contributed by atoms with Crippen molar-refractivity contribution in [2.24, 2.45) is 0 Å². The molecule has 0 aromatic rings. The van der Waals surface area contributed by atoms with Gasteiger partial charge in [-0.15, -0.1) is 0 Å². The zero-order chi connectivity index (χ0) is 7.15. The molecule has 0 unspecified atom stereocenters. The molecule has 0 heterocycles. The molecule has 0 saturated carbocycles. The molecule has 0 bridgehead atoms. The topological polar surface area (TPSA) is 6.48 Å². The Morgan fingerprint density at radius 1 is 0.462 bits per heavy atom. The van der Waals surface area contributed by atoms with Crippen molar-refractivity contribution in [3.63, 3.8) is 0 Å². The Balaban J connectivity index is -0.00000000800. The number of hydrogen-bond donors (Lipinski definition) is 0. The van der Waals surface area contributed by atoms with Crippen LogP contribution in [0.15, 0.2) is 0 Å². The molecule has 0 fully saturated rings. The summed E-state index contributed by atoms with van der Waals surface area (Å²) in [5.74, 6) is 0. The average Bonchev–Trinajstić information content (AvgIpc) is 1.25. The summed E-state index contributed by atoms with van der Waals surface area (Å²) in [6.45, 7) is 0. The Hall–Kier alpha value is 1.96. The molecule has 0 aromatic carbocycles. The molecule has 0 spiro atoms. The maximum absolute atomic E-state index is 2.00. The molecule has 84 valence electrons. The summed E-state index contributed by atoms with van der Waals surface area (Å²) in [7, 11) is 12.0. The third-order valence-corrected chi connectivity index (χ3v) is 0. The first-order valence-electron chi connectivity index (χ1n) is 2.68. The summed E-state index contributed by atoms with van der Waals surface area (Å²) in [6, 6.07) is 0. The Bertz CT molecular complexity index is 38.1. The molecule has 0 aliphatic carbocycles. The largest absolute Gasteiger partial charge is 4.00 e. The molecule has 0 radical (unpaired) electrons. The number of nitrogens with zero attached hydrogens (tertiary/aromatic N) is 2. The Morgan fingerprint density at radius 3 is 0.462 bits per heavy atom. The second-order valence-electron chi connectivity index (χ2n) is 2.68. The van der Waals surface area contributed by atoms with Gasteiger partial charge in [-0.05, 0) is 42.3 Å². The van der Waals surface area contributed by atoms with E-state index in [-0.39, 0.29) is 75.8 Å². The minimum Gasteiger partial charge on any atom is -1.00 e. The smallest absolute Gasteiger partial charge is 1.00 e. The summed E-state index contributed by atoms with van der Waals surface area (Å²) in [5, 5.41) is 0. The van der Waals surface area contributed by atoms with Gasteiger partial charge in [0.05, 0.1) is 0 Å². The van der Waals surface area contributed by atoms with Crippen LogP contribution in [-0.2, 0) is 26.2 Å². The quantitative estimate of drug-likeness (QED) is 0.428. The van der Waals surface area contributed by atoms with Gasteiger partial charge in [0.1, 0.15) is 0 Å². The molecule has 0 amide bonds. The molecule has 7 heteroatoms. The molecule has 0 aliphatic rings. The van der Waals surface area contributed by atoms with E-state index in [1.54, 1.807) is 0 Å². The number of rotatable bonds is 0. The second kappa shape index (κ2) is 37.0. The van der Waals surface area contributed by atoms with Crippen molar-refractivity contribution in [2.45, 2.75) is 0 Å². The van der Waals surface area contributed by atoms with Crippen molar-refractivity contribution in [3.05, 3.63) is 0 Å². The fraction of sp³-hybridized carbons (Fsp3) is 1.00. The van der Waals surface area contributed by atoms with Gasteiger partial charge in [0.25, 0.3) is 0 Å². The fourth-order valence-electron chi connectivity index (χ4n) is 0. The van der Waals surface area contributed by atoms with Gasteiger partial charge in [-0.2, -0.15) is 0 Å². The van der Waals surface area contributed by atoms with Crippen molar-refractivity contribution in [1.82, 2.24) is 9.80 Å². The van der Waals surface area contributed by atoms with E-state index in [0.717, 1.165) is 0 Å².